The van der Waals surface area contributed by atoms with Crippen LogP contribution in [0.4, 0.5) is 0 Å². The molecule has 0 unspecified atom stereocenters. The van der Waals surface area contributed by atoms with Crippen molar-refractivity contribution in [3.05, 3.63) is 46.5 Å². The van der Waals surface area contributed by atoms with Crippen molar-refractivity contribution in [3.8, 4) is 21.7 Å². The number of hydrogen-bond donors (Lipinski definition) is 1. The van der Waals surface area contributed by atoms with E-state index < -0.39 is 5.97 Å². The van der Waals surface area contributed by atoms with Crippen LogP contribution in [-0.2, 0) is 6.54 Å². The maximum Gasteiger partial charge on any atom is 0.347 e. The van der Waals surface area contributed by atoms with Crippen molar-refractivity contribution in [2.24, 2.45) is 0 Å². The van der Waals surface area contributed by atoms with Crippen molar-refractivity contribution in [2.75, 3.05) is 0 Å². The van der Waals surface area contributed by atoms with Crippen molar-refractivity contribution >= 4 is 22.8 Å². The molecule has 29 heavy (non-hydrogen) atoms. The number of pyridine rings is 1. The van der Waals surface area contributed by atoms with Gasteiger partial charge in [-0.15, -0.1) is 11.3 Å². The molecule has 0 amide bonds. The standard InChI is InChI=1S/C21H21N5O2S/c1-4-25-12(3)17(11(2)24-25)15-10-22-26-8-7-14(9-16(15)26)20-23-18(13-5-6-13)19(29-20)21(27)28/h7-10,13H,4-6H2,1-3H3,(H,27,28). The second kappa shape index (κ2) is 6.52. The summed E-state index contributed by atoms with van der Waals surface area (Å²) in [7, 11) is 0. The third-order valence-electron chi connectivity index (χ3n) is 5.53. The summed E-state index contributed by atoms with van der Waals surface area (Å²) in [6.45, 7) is 6.99. The van der Waals surface area contributed by atoms with E-state index in [1.54, 1.807) is 0 Å². The highest BCUT2D eigenvalue weighted by Gasteiger charge is 2.32. The molecule has 1 fully saturated rings. The van der Waals surface area contributed by atoms with Gasteiger partial charge in [0.05, 0.1) is 23.1 Å². The smallest absolute Gasteiger partial charge is 0.347 e. The average molecular weight is 407 g/mol. The number of aryl methyl sites for hydroxylation is 2. The van der Waals surface area contributed by atoms with Gasteiger partial charge in [0.15, 0.2) is 0 Å². The van der Waals surface area contributed by atoms with Crippen molar-refractivity contribution in [2.45, 2.75) is 46.1 Å². The van der Waals surface area contributed by atoms with E-state index in [-0.39, 0.29) is 0 Å². The van der Waals surface area contributed by atoms with Gasteiger partial charge in [-0.2, -0.15) is 10.2 Å². The number of carboxylic acids is 1. The van der Waals surface area contributed by atoms with Crippen LogP contribution in [0.5, 0.6) is 0 Å². The number of hydrogen-bond acceptors (Lipinski definition) is 5. The van der Waals surface area contributed by atoms with Gasteiger partial charge >= 0.3 is 5.97 Å². The molecule has 4 heterocycles. The number of thiazole rings is 1. The third-order valence-corrected chi connectivity index (χ3v) is 6.64. The normalized spacial score (nSPS) is 14.0. The van der Waals surface area contributed by atoms with E-state index in [1.165, 1.54) is 11.3 Å². The molecule has 4 aromatic rings. The van der Waals surface area contributed by atoms with E-state index >= 15 is 0 Å². The van der Waals surface area contributed by atoms with Crippen molar-refractivity contribution in [3.63, 3.8) is 0 Å². The molecule has 148 valence electrons. The van der Waals surface area contributed by atoms with E-state index in [0.717, 1.165) is 63.7 Å². The second-order valence-electron chi connectivity index (χ2n) is 7.48. The Bertz CT molecular complexity index is 1260. The lowest BCUT2D eigenvalue weighted by Crippen LogP contribution is -1.98. The highest BCUT2D eigenvalue weighted by Crippen LogP contribution is 2.44. The Morgan fingerprint density at radius 1 is 1.34 bits per heavy atom. The van der Waals surface area contributed by atoms with Crippen LogP contribution in [0.2, 0.25) is 0 Å². The SMILES string of the molecule is CCn1nc(C)c(-c2cnn3ccc(-c4nc(C5CC5)c(C(=O)O)s4)cc23)c1C. The zero-order chi connectivity index (χ0) is 20.3. The van der Waals surface area contributed by atoms with E-state index in [1.807, 2.05) is 40.6 Å². The van der Waals surface area contributed by atoms with Crippen LogP contribution in [0, 0.1) is 13.8 Å². The zero-order valence-corrected chi connectivity index (χ0v) is 17.3. The van der Waals surface area contributed by atoms with Gasteiger partial charge in [0.2, 0.25) is 0 Å². The fraction of sp³-hybridized carbons (Fsp3) is 0.333. The van der Waals surface area contributed by atoms with Gasteiger partial charge in [0.1, 0.15) is 9.88 Å². The lowest BCUT2D eigenvalue weighted by Gasteiger charge is -2.03. The number of carbonyl (C=O) groups is 1. The summed E-state index contributed by atoms with van der Waals surface area (Å²) in [6, 6.07) is 3.99. The number of carboxylic acid groups (broad SMARTS) is 1. The van der Waals surface area contributed by atoms with Crippen LogP contribution in [0.25, 0.3) is 27.2 Å². The molecule has 1 saturated carbocycles. The molecule has 0 bridgehead atoms. The minimum atomic E-state index is -0.889. The highest BCUT2D eigenvalue weighted by atomic mass is 32.1. The minimum Gasteiger partial charge on any atom is -0.477 e. The van der Waals surface area contributed by atoms with Gasteiger partial charge in [-0.1, -0.05) is 0 Å². The molecule has 0 aromatic carbocycles. The summed E-state index contributed by atoms with van der Waals surface area (Å²) < 4.78 is 3.84. The molecule has 1 aliphatic carbocycles. The predicted octanol–water partition coefficient (Wildman–Crippen LogP) is 4.53. The van der Waals surface area contributed by atoms with Crippen molar-refractivity contribution < 1.29 is 9.90 Å². The highest BCUT2D eigenvalue weighted by molar-refractivity contribution is 7.17. The van der Waals surface area contributed by atoms with Gasteiger partial charge in [0.25, 0.3) is 0 Å². The molecular formula is C21H21N5O2S. The first kappa shape index (κ1) is 18.1. The van der Waals surface area contributed by atoms with Gasteiger partial charge in [-0.25, -0.2) is 14.3 Å². The Morgan fingerprint density at radius 3 is 2.79 bits per heavy atom. The molecule has 1 aliphatic rings. The maximum absolute atomic E-state index is 11.7. The van der Waals surface area contributed by atoms with E-state index in [0.29, 0.717) is 10.8 Å². The van der Waals surface area contributed by atoms with Crippen molar-refractivity contribution in [1.29, 1.82) is 0 Å². The van der Waals surface area contributed by atoms with E-state index in [9.17, 15) is 9.90 Å². The summed E-state index contributed by atoms with van der Waals surface area (Å²) in [5.74, 6) is -0.592. The largest absolute Gasteiger partial charge is 0.477 e. The first-order valence-electron chi connectivity index (χ1n) is 9.74. The van der Waals surface area contributed by atoms with Crippen LogP contribution in [-0.4, -0.2) is 35.5 Å². The lowest BCUT2D eigenvalue weighted by atomic mass is 10.0. The Balaban J connectivity index is 1.65. The molecule has 0 radical (unpaired) electrons. The molecule has 0 saturated heterocycles. The molecule has 1 N–H and O–H groups in total. The summed E-state index contributed by atoms with van der Waals surface area (Å²) in [5.41, 5.74) is 6.83. The number of nitrogens with zero attached hydrogens (tertiary/aromatic N) is 5. The summed E-state index contributed by atoms with van der Waals surface area (Å²) in [5, 5.41) is 19.5. The Hall–Kier alpha value is -3.00. The van der Waals surface area contributed by atoms with Crippen molar-refractivity contribution in [1.82, 2.24) is 24.4 Å². The zero-order valence-electron chi connectivity index (χ0n) is 16.5. The van der Waals surface area contributed by atoms with Gasteiger partial charge in [-0.05, 0) is 45.7 Å². The van der Waals surface area contributed by atoms with E-state index in [2.05, 4.69) is 24.0 Å². The van der Waals surface area contributed by atoms with Crippen LogP contribution in [0.3, 0.4) is 0 Å². The molecule has 0 spiro atoms. The van der Waals surface area contributed by atoms with Crippen LogP contribution in [0.15, 0.2) is 24.5 Å². The molecule has 0 aliphatic heterocycles. The van der Waals surface area contributed by atoms with Crippen LogP contribution < -0.4 is 0 Å². The molecule has 7 nitrogen and oxygen atoms in total. The molecular weight excluding hydrogens is 386 g/mol. The first-order chi connectivity index (χ1) is 14.0. The fourth-order valence-corrected chi connectivity index (χ4v) is 4.93. The molecule has 8 heteroatoms. The third kappa shape index (κ3) is 2.86. The lowest BCUT2D eigenvalue weighted by molar-refractivity contribution is 0.0700. The maximum atomic E-state index is 11.7. The second-order valence-corrected chi connectivity index (χ2v) is 8.48. The predicted molar refractivity (Wildman–Crippen MR) is 112 cm³/mol. The summed E-state index contributed by atoms with van der Waals surface area (Å²) in [4.78, 5) is 16.7. The Labute approximate surface area is 171 Å². The molecule has 5 rings (SSSR count). The molecule has 4 aromatic heterocycles. The van der Waals surface area contributed by atoms with Crippen LogP contribution >= 0.6 is 11.3 Å². The fourth-order valence-electron chi connectivity index (χ4n) is 3.94. The van der Waals surface area contributed by atoms with Gasteiger partial charge in [0, 0.05) is 41.0 Å². The van der Waals surface area contributed by atoms with Gasteiger partial charge in [-0.3, -0.25) is 4.68 Å². The monoisotopic (exact) mass is 407 g/mol. The summed E-state index contributed by atoms with van der Waals surface area (Å²) >= 11 is 1.26. The quantitative estimate of drug-likeness (QED) is 0.525. The minimum absolute atomic E-state index is 0.297. The Morgan fingerprint density at radius 2 is 2.14 bits per heavy atom. The number of rotatable bonds is 5. The molecule has 0 atom stereocenters. The van der Waals surface area contributed by atoms with Gasteiger partial charge < -0.3 is 5.11 Å². The Kier molecular flexibility index (Phi) is 4.06. The number of aromatic nitrogens is 5. The number of aromatic carboxylic acids is 1. The topological polar surface area (TPSA) is 85.3 Å². The average Bonchev–Trinajstić information content (AvgIpc) is 3.20. The first-order valence-corrected chi connectivity index (χ1v) is 10.6. The summed E-state index contributed by atoms with van der Waals surface area (Å²) in [6.07, 6.45) is 5.82. The van der Waals surface area contributed by atoms with E-state index in [4.69, 9.17) is 4.98 Å². The number of fused-ring (bicyclic) bond motifs is 1. The van der Waals surface area contributed by atoms with Crippen LogP contribution in [0.1, 0.15) is 52.4 Å².